The van der Waals surface area contributed by atoms with Crippen molar-refractivity contribution in [3.63, 3.8) is 0 Å². The first-order valence-electron chi connectivity index (χ1n) is 8.55. The maximum Gasteiger partial charge on any atom is 0.0123 e. The third kappa shape index (κ3) is 3.71. The number of hydrogen-bond acceptors (Lipinski definition) is 3. The van der Waals surface area contributed by atoms with Crippen molar-refractivity contribution in [2.75, 3.05) is 39.3 Å². The van der Waals surface area contributed by atoms with Crippen LogP contribution in [0.2, 0.25) is 0 Å². The fourth-order valence-electron chi connectivity index (χ4n) is 3.95. The second-order valence-corrected chi connectivity index (χ2v) is 6.81. The van der Waals surface area contributed by atoms with E-state index in [4.69, 9.17) is 0 Å². The minimum atomic E-state index is 0.886. The molecule has 0 aromatic carbocycles. The molecule has 2 aliphatic heterocycles. The Morgan fingerprint density at radius 1 is 1.05 bits per heavy atom. The van der Waals surface area contributed by atoms with Crippen LogP contribution >= 0.6 is 0 Å². The van der Waals surface area contributed by atoms with Crippen LogP contribution in [0, 0.1) is 5.92 Å². The molecule has 2 heterocycles. The largest absolute Gasteiger partial charge is 0.316 e. The fourth-order valence-corrected chi connectivity index (χ4v) is 3.95. The predicted molar refractivity (Wildman–Crippen MR) is 80.5 cm³/mol. The maximum atomic E-state index is 3.58. The van der Waals surface area contributed by atoms with Crippen LogP contribution in [0.5, 0.6) is 0 Å². The van der Waals surface area contributed by atoms with Gasteiger partial charge in [-0.15, -0.1) is 0 Å². The summed E-state index contributed by atoms with van der Waals surface area (Å²) in [6, 6.07) is 1.83. The van der Waals surface area contributed by atoms with E-state index in [1.165, 1.54) is 77.8 Å². The van der Waals surface area contributed by atoms with Crippen molar-refractivity contribution in [2.45, 2.75) is 57.5 Å². The Bertz CT molecular complexity index is 263. The Morgan fingerprint density at radius 3 is 2.37 bits per heavy atom. The highest BCUT2D eigenvalue weighted by atomic mass is 15.2. The van der Waals surface area contributed by atoms with E-state index in [9.17, 15) is 0 Å². The molecule has 3 rings (SSSR count). The summed E-state index contributed by atoms with van der Waals surface area (Å²) in [5.41, 5.74) is 0. The Labute approximate surface area is 118 Å². The number of hydrogen-bond donors (Lipinski definition) is 1. The van der Waals surface area contributed by atoms with Crippen LogP contribution in [0.1, 0.15) is 45.4 Å². The lowest BCUT2D eigenvalue weighted by Gasteiger charge is -2.40. The molecule has 0 radical (unpaired) electrons. The highest BCUT2D eigenvalue weighted by Gasteiger charge is 2.36. The molecule has 0 spiro atoms. The zero-order valence-corrected chi connectivity index (χ0v) is 12.6. The van der Waals surface area contributed by atoms with Gasteiger partial charge in [-0.25, -0.2) is 0 Å². The van der Waals surface area contributed by atoms with E-state index in [-0.39, 0.29) is 0 Å². The molecule has 0 amide bonds. The number of likely N-dealkylation sites (tertiary alicyclic amines) is 1. The van der Waals surface area contributed by atoms with Crippen LogP contribution in [0.4, 0.5) is 0 Å². The molecule has 1 saturated carbocycles. The molecule has 19 heavy (non-hydrogen) atoms. The molecule has 1 aliphatic carbocycles. The first kappa shape index (κ1) is 13.8. The van der Waals surface area contributed by atoms with Gasteiger partial charge in [-0.2, -0.15) is 0 Å². The van der Waals surface area contributed by atoms with Crippen LogP contribution < -0.4 is 5.32 Å². The molecular formula is C16H31N3. The first-order chi connectivity index (χ1) is 9.36. The molecule has 0 bridgehead atoms. The van der Waals surface area contributed by atoms with Gasteiger partial charge in [0.2, 0.25) is 0 Å². The number of nitrogens with one attached hydrogen (secondary N) is 1. The highest BCUT2D eigenvalue weighted by molar-refractivity contribution is 4.92. The summed E-state index contributed by atoms with van der Waals surface area (Å²) >= 11 is 0. The minimum absolute atomic E-state index is 0.886. The monoisotopic (exact) mass is 265 g/mol. The second-order valence-electron chi connectivity index (χ2n) is 6.81. The number of piperidine rings is 2. The smallest absolute Gasteiger partial charge is 0.0123 e. The van der Waals surface area contributed by atoms with Crippen molar-refractivity contribution in [2.24, 2.45) is 5.92 Å². The van der Waals surface area contributed by atoms with Crippen molar-refractivity contribution in [3.05, 3.63) is 0 Å². The van der Waals surface area contributed by atoms with E-state index >= 15 is 0 Å². The van der Waals surface area contributed by atoms with Gasteiger partial charge in [0.25, 0.3) is 0 Å². The number of nitrogens with zero attached hydrogens (tertiary/aromatic N) is 2. The molecule has 110 valence electrons. The molecular weight excluding hydrogens is 234 g/mol. The third-order valence-corrected chi connectivity index (χ3v) is 5.36. The molecule has 3 heteroatoms. The topological polar surface area (TPSA) is 18.5 Å². The molecule has 0 aromatic rings. The van der Waals surface area contributed by atoms with Crippen LogP contribution in [0.3, 0.4) is 0 Å². The molecule has 1 unspecified atom stereocenters. The molecule has 3 nitrogen and oxygen atoms in total. The molecule has 2 saturated heterocycles. The van der Waals surface area contributed by atoms with Gasteiger partial charge in [-0.1, -0.05) is 6.92 Å². The molecule has 3 aliphatic rings. The van der Waals surface area contributed by atoms with Crippen LogP contribution in [0.15, 0.2) is 0 Å². The van der Waals surface area contributed by atoms with Crippen LogP contribution in [0.25, 0.3) is 0 Å². The summed E-state index contributed by atoms with van der Waals surface area (Å²) in [5, 5.41) is 3.58. The lowest BCUT2D eigenvalue weighted by molar-refractivity contribution is 0.0855. The summed E-state index contributed by atoms with van der Waals surface area (Å²) in [7, 11) is 0. The Balaban J connectivity index is 1.52. The van der Waals surface area contributed by atoms with E-state index in [1.807, 2.05) is 0 Å². The summed E-state index contributed by atoms with van der Waals surface area (Å²) < 4.78 is 0. The van der Waals surface area contributed by atoms with E-state index in [1.54, 1.807) is 0 Å². The summed E-state index contributed by atoms with van der Waals surface area (Å²) in [5.74, 6) is 0.915. The average Bonchev–Trinajstić information content (AvgIpc) is 3.31. The molecule has 3 fully saturated rings. The lowest BCUT2D eigenvalue weighted by atomic mass is 9.96. The normalized spacial score (nSPS) is 30.9. The fraction of sp³-hybridized carbons (Fsp3) is 1.00. The zero-order chi connectivity index (χ0) is 13.1. The van der Waals surface area contributed by atoms with Crippen molar-refractivity contribution in [1.82, 2.24) is 15.1 Å². The minimum Gasteiger partial charge on any atom is -0.316 e. The van der Waals surface area contributed by atoms with Gasteiger partial charge in [0.05, 0.1) is 0 Å². The highest BCUT2D eigenvalue weighted by Crippen LogP contribution is 2.33. The predicted octanol–water partition coefficient (Wildman–Crippen LogP) is 1.93. The van der Waals surface area contributed by atoms with Crippen molar-refractivity contribution in [1.29, 1.82) is 0 Å². The van der Waals surface area contributed by atoms with E-state index in [0.29, 0.717) is 0 Å². The van der Waals surface area contributed by atoms with Gasteiger partial charge in [-0.3, -0.25) is 4.90 Å². The maximum absolute atomic E-state index is 3.58. The van der Waals surface area contributed by atoms with E-state index < -0.39 is 0 Å². The van der Waals surface area contributed by atoms with Gasteiger partial charge in [0, 0.05) is 18.6 Å². The summed E-state index contributed by atoms with van der Waals surface area (Å²) in [6.07, 6.45) is 8.58. The number of rotatable bonds is 5. The van der Waals surface area contributed by atoms with Gasteiger partial charge in [-0.05, 0) is 77.2 Å². The molecule has 1 atom stereocenters. The van der Waals surface area contributed by atoms with Gasteiger partial charge in [0.15, 0.2) is 0 Å². The second kappa shape index (κ2) is 6.55. The van der Waals surface area contributed by atoms with Crippen LogP contribution in [-0.4, -0.2) is 61.2 Å². The van der Waals surface area contributed by atoms with Gasteiger partial charge in [0.1, 0.15) is 0 Å². The third-order valence-electron chi connectivity index (χ3n) is 5.36. The SMILES string of the molecule is CCN1CCC(N(CC2CCCNC2)C2CC2)CC1. The average molecular weight is 265 g/mol. The van der Waals surface area contributed by atoms with Gasteiger partial charge >= 0.3 is 0 Å². The van der Waals surface area contributed by atoms with Crippen LogP contribution in [-0.2, 0) is 0 Å². The van der Waals surface area contributed by atoms with E-state index in [2.05, 4.69) is 22.0 Å². The Morgan fingerprint density at radius 2 is 1.79 bits per heavy atom. The molecule has 1 N–H and O–H groups in total. The lowest BCUT2D eigenvalue weighted by Crippen LogP contribution is -2.48. The van der Waals surface area contributed by atoms with Crippen molar-refractivity contribution < 1.29 is 0 Å². The first-order valence-corrected chi connectivity index (χ1v) is 8.55. The Hall–Kier alpha value is -0.120. The van der Waals surface area contributed by atoms with Crippen molar-refractivity contribution in [3.8, 4) is 0 Å². The summed E-state index contributed by atoms with van der Waals surface area (Å²) in [6.45, 7) is 10.1. The van der Waals surface area contributed by atoms with E-state index in [0.717, 1.165) is 18.0 Å². The van der Waals surface area contributed by atoms with Gasteiger partial charge < -0.3 is 10.2 Å². The molecule has 0 aromatic heterocycles. The standard InChI is InChI=1S/C16H31N3/c1-2-18-10-7-16(8-11-18)19(15-5-6-15)13-14-4-3-9-17-12-14/h14-17H,2-13H2,1H3. The Kier molecular flexibility index (Phi) is 4.78. The summed E-state index contributed by atoms with van der Waals surface area (Å²) in [4.78, 5) is 5.52. The van der Waals surface area contributed by atoms with Crippen molar-refractivity contribution >= 4 is 0 Å². The quantitative estimate of drug-likeness (QED) is 0.819. The zero-order valence-electron chi connectivity index (χ0n) is 12.6.